The third-order valence-electron chi connectivity index (χ3n) is 4.49. The maximum Gasteiger partial charge on any atom is 0.530 e. The van der Waals surface area contributed by atoms with Crippen molar-refractivity contribution in [2.45, 2.75) is 30.9 Å². The summed E-state index contributed by atoms with van der Waals surface area (Å²) in [6.07, 6.45) is -1.61. The number of phosphoric ester groups is 1. The highest BCUT2D eigenvalue weighted by atomic mass is 32.1. The van der Waals surface area contributed by atoms with Crippen LogP contribution in [0.4, 0.5) is 4.39 Å². The first-order valence-electron chi connectivity index (χ1n) is 10.2. The third kappa shape index (κ3) is 4.00. The number of fused-ring (bicyclic) bond motifs is 1. The highest BCUT2D eigenvalue weighted by Gasteiger charge is 2.58. The fourth-order valence-corrected chi connectivity index (χ4v) is 4.20. The fraction of sp³-hybridized carbons (Fsp3) is 0.316. The van der Waals surface area contributed by atoms with Crippen molar-refractivity contribution in [3.8, 4) is 18.1 Å². The van der Waals surface area contributed by atoms with Crippen molar-refractivity contribution in [3.63, 3.8) is 0 Å². The van der Waals surface area contributed by atoms with Gasteiger partial charge in [0.05, 0.1) is 16.3 Å². The molecule has 3 aliphatic heterocycles. The topological polar surface area (TPSA) is 110 Å². The number of alkyl halides is 1. The number of phosphoric acid groups is 1. The maximum absolute atomic E-state index is 15.9. The number of aliphatic hydroxyl groups is 2. The summed E-state index contributed by atoms with van der Waals surface area (Å²) in [6, 6.07) is 6.23. The van der Waals surface area contributed by atoms with E-state index in [2.05, 4.69) is 17.8 Å². The number of hydrogen-bond donors (Lipinski definition) is 3. The Bertz CT molecular complexity index is 1200. The van der Waals surface area contributed by atoms with Crippen LogP contribution in [0.2, 0.25) is 0 Å². The maximum atomic E-state index is 15.9. The van der Waals surface area contributed by atoms with Crippen LogP contribution < -0.4 is 9.84 Å². The Kier molecular flexibility index (Phi) is 4.72. The van der Waals surface area contributed by atoms with Gasteiger partial charge in [-0.3, -0.25) is 9.05 Å². The largest absolute Gasteiger partial charge is 0.530 e. The monoisotopic (exact) mass is 471 g/mol. The van der Waals surface area contributed by atoms with Gasteiger partial charge in [-0.15, -0.1) is 6.42 Å². The van der Waals surface area contributed by atoms with Gasteiger partial charge < -0.3 is 29.7 Å². The van der Waals surface area contributed by atoms with Crippen LogP contribution in [0.5, 0.6) is 5.75 Å². The third-order valence-corrected chi connectivity index (χ3v) is 5.99. The van der Waals surface area contributed by atoms with Crippen LogP contribution in [0.3, 0.4) is 0 Å². The molecule has 0 aliphatic carbocycles. The molecule has 1 aromatic rings. The first-order valence-corrected chi connectivity index (χ1v) is 10.6. The van der Waals surface area contributed by atoms with Gasteiger partial charge in [-0.2, -0.15) is 0 Å². The molecule has 0 aromatic heterocycles. The van der Waals surface area contributed by atoms with E-state index in [1.54, 1.807) is 18.2 Å². The Morgan fingerprint density at radius 1 is 1.58 bits per heavy atom. The Labute approximate surface area is 186 Å². The molecule has 3 heterocycles. The van der Waals surface area contributed by atoms with Crippen molar-refractivity contribution in [2.24, 2.45) is 0 Å². The summed E-state index contributed by atoms with van der Waals surface area (Å²) in [5.74, 6) is -1.84. The van der Waals surface area contributed by atoms with Crippen molar-refractivity contribution >= 4 is 25.0 Å². The summed E-state index contributed by atoms with van der Waals surface area (Å²) in [7, 11) is -4.77. The Morgan fingerprint density at radius 2 is 2.32 bits per heavy atom. The predicted molar refractivity (Wildman–Crippen MR) is 110 cm³/mol. The number of halogens is 1. The molecular formula is C19H18FN2O7PS. The quantitative estimate of drug-likeness (QED) is 0.341. The van der Waals surface area contributed by atoms with E-state index in [9.17, 15) is 14.8 Å². The normalized spacial score (nSPS) is 39.2. The van der Waals surface area contributed by atoms with Gasteiger partial charge in [-0.25, -0.2) is 8.96 Å². The molecule has 0 amide bonds. The van der Waals surface area contributed by atoms with E-state index in [1.165, 1.54) is 6.07 Å². The van der Waals surface area contributed by atoms with E-state index in [0.717, 1.165) is 11.1 Å². The van der Waals surface area contributed by atoms with Crippen molar-refractivity contribution in [3.05, 3.63) is 54.0 Å². The average Bonchev–Trinajstić information content (AvgIpc) is 2.94. The minimum absolute atomic E-state index is 0.0158. The first-order chi connectivity index (χ1) is 15.8. The van der Waals surface area contributed by atoms with Gasteiger partial charge in [0.1, 0.15) is 35.3 Å². The van der Waals surface area contributed by atoms with Gasteiger partial charge >= 0.3 is 7.82 Å². The van der Waals surface area contributed by atoms with Crippen molar-refractivity contribution in [1.82, 2.24) is 10.2 Å². The Hall–Kier alpha value is -2.29. The van der Waals surface area contributed by atoms with Crippen LogP contribution in [0, 0.1) is 12.3 Å². The van der Waals surface area contributed by atoms with Gasteiger partial charge in [0.25, 0.3) is 5.85 Å². The molecule has 3 aliphatic rings. The number of nitrogens with one attached hydrogen (secondary N) is 1. The number of terminal acetylenes is 1. The van der Waals surface area contributed by atoms with Crippen molar-refractivity contribution < 1.29 is 41.6 Å². The highest BCUT2D eigenvalue weighted by Crippen LogP contribution is 2.55. The molecule has 0 bridgehead atoms. The second-order valence-electron chi connectivity index (χ2n) is 6.55. The number of para-hydroxylation sites is 1. The molecule has 9 nitrogen and oxygen atoms in total. The van der Waals surface area contributed by atoms with E-state index in [4.69, 9.17) is 41.1 Å². The molecule has 1 saturated heterocycles. The number of hydrogen-bond acceptors (Lipinski definition) is 9. The van der Waals surface area contributed by atoms with Crippen LogP contribution in [0.25, 0.3) is 0 Å². The van der Waals surface area contributed by atoms with Gasteiger partial charge in [-0.05, 0) is 6.07 Å². The molecule has 0 spiro atoms. The zero-order valence-corrected chi connectivity index (χ0v) is 17.4. The average molecular weight is 471 g/mol. The zero-order valence-electron chi connectivity index (χ0n) is 18.6. The molecule has 3 N–H and O–H groups in total. The van der Waals surface area contributed by atoms with Crippen LogP contribution in [-0.2, 0) is 25.0 Å². The Balaban J connectivity index is 1.65. The molecular weight excluding hydrogens is 450 g/mol. The van der Waals surface area contributed by atoms with E-state index in [1.807, 2.05) is 0 Å². The van der Waals surface area contributed by atoms with Gasteiger partial charge in [0, 0.05) is 11.8 Å². The standard InChI is InChI=1S/C19H18FN2O7PS/c1-3-12-8-22(11(2)21-17(12)31)18-15(23)16(24)19(20,28-18)10-27-30(25)26-9-13-6-4-5-7-14(13)29-30/h1,4-8,15-16,18,23-24H,2,9-10H2,(H,21,31)/t15-,16+,18-,19-,30?/m1/s1/i10D2,18D. The molecule has 1 fully saturated rings. The summed E-state index contributed by atoms with van der Waals surface area (Å²) in [5.41, 5.74) is 0.498. The Morgan fingerprint density at radius 3 is 3.06 bits per heavy atom. The number of thiocarbonyl (C=S) groups is 1. The molecule has 0 saturated carbocycles. The molecule has 5 atom stereocenters. The van der Waals surface area contributed by atoms with Gasteiger partial charge in [0.2, 0.25) is 0 Å². The minimum Gasteiger partial charge on any atom is -0.404 e. The molecule has 31 heavy (non-hydrogen) atoms. The smallest absolute Gasteiger partial charge is 0.404 e. The fourth-order valence-electron chi connectivity index (χ4n) is 2.88. The number of rotatable bonds is 4. The summed E-state index contributed by atoms with van der Waals surface area (Å²) >= 11 is 5.02. The number of aliphatic hydroxyl groups excluding tert-OH is 2. The van der Waals surface area contributed by atoms with Crippen LogP contribution in [0.1, 0.15) is 9.68 Å². The molecule has 12 heteroatoms. The molecule has 164 valence electrons. The minimum atomic E-state index is -4.77. The zero-order chi connectivity index (χ0) is 25.1. The summed E-state index contributed by atoms with van der Waals surface area (Å²) in [5, 5.41) is 23.5. The van der Waals surface area contributed by atoms with Crippen molar-refractivity contribution in [2.75, 3.05) is 6.56 Å². The molecule has 4 rings (SSSR count). The lowest BCUT2D eigenvalue weighted by atomic mass is 10.1. The summed E-state index contributed by atoms with van der Waals surface area (Å²) < 4.78 is 73.4. The van der Waals surface area contributed by atoms with Crippen LogP contribution >= 0.6 is 20.0 Å². The lowest BCUT2D eigenvalue weighted by molar-refractivity contribution is -0.207. The number of benzene rings is 1. The lowest BCUT2D eigenvalue weighted by Gasteiger charge is -2.34. The van der Waals surface area contributed by atoms with E-state index in [-0.39, 0.29) is 28.7 Å². The predicted octanol–water partition coefficient (Wildman–Crippen LogP) is 1.69. The SMILES string of the molecule is [2H]C([2H])(OP1(=O)OCc2ccccc2O1)[C@@]1(F)O[C@@]([2H])(N2C=C(C#C)C(=S)NC2=C)[C@H](O)[C@@H]1O. The van der Waals surface area contributed by atoms with Crippen LogP contribution in [-0.4, -0.2) is 50.9 Å². The number of nitrogens with zero attached hydrogens (tertiary/aromatic N) is 1. The van der Waals surface area contributed by atoms with Gasteiger partial charge in [-0.1, -0.05) is 42.9 Å². The highest BCUT2D eigenvalue weighted by molar-refractivity contribution is 7.80. The molecule has 1 aromatic carbocycles. The van der Waals surface area contributed by atoms with Gasteiger partial charge in [0.15, 0.2) is 6.20 Å². The number of ether oxygens (including phenoxy) is 1. The molecule has 0 radical (unpaired) electrons. The lowest BCUT2D eigenvalue weighted by Crippen LogP contribution is -2.47. The van der Waals surface area contributed by atoms with E-state index >= 15 is 4.39 Å². The van der Waals surface area contributed by atoms with Crippen molar-refractivity contribution in [1.29, 1.82) is 0 Å². The summed E-state index contributed by atoms with van der Waals surface area (Å²) in [6.45, 7) is -0.460. The van der Waals surface area contributed by atoms with E-state index in [0.29, 0.717) is 5.56 Å². The van der Waals surface area contributed by atoms with E-state index < -0.39 is 38.6 Å². The summed E-state index contributed by atoms with van der Waals surface area (Å²) in [4.78, 5) is 0.783. The first kappa shape index (κ1) is 18.3. The van der Waals surface area contributed by atoms with Crippen LogP contribution in [0.15, 0.2) is 48.4 Å². The second kappa shape index (κ2) is 8.00. The second-order valence-corrected chi connectivity index (χ2v) is 8.47. The molecule has 1 unspecified atom stereocenters.